The molecule has 0 radical (unpaired) electrons. The second kappa shape index (κ2) is 12.4. The van der Waals surface area contributed by atoms with Gasteiger partial charge in [0.05, 0.1) is 29.7 Å². The number of nitrogens with one attached hydrogen (secondary N) is 3. The minimum Gasteiger partial charge on any atom is -0.490 e. The van der Waals surface area contributed by atoms with Gasteiger partial charge in [0.25, 0.3) is 5.91 Å². The Labute approximate surface area is 204 Å². The van der Waals surface area contributed by atoms with Crippen LogP contribution >= 0.6 is 11.6 Å². The van der Waals surface area contributed by atoms with E-state index in [1.807, 2.05) is 6.07 Å². The lowest BCUT2D eigenvalue weighted by Gasteiger charge is -2.31. The normalized spacial score (nSPS) is 24.9. The van der Waals surface area contributed by atoms with E-state index >= 15 is 0 Å². The Morgan fingerprint density at radius 3 is 2.35 bits per heavy atom. The van der Waals surface area contributed by atoms with Crippen molar-refractivity contribution in [2.24, 2.45) is 10.9 Å². The number of amides is 1. The summed E-state index contributed by atoms with van der Waals surface area (Å²) in [5.74, 6) is 0.135. The van der Waals surface area contributed by atoms with Crippen LogP contribution in [0.3, 0.4) is 0 Å². The van der Waals surface area contributed by atoms with E-state index in [9.17, 15) is 9.59 Å². The van der Waals surface area contributed by atoms with E-state index in [1.165, 1.54) is 7.11 Å². The number of carbonyl (C=O) groups is 2. The van der Waals surface area contributed by atoms with Crippen LogP contribution in [0.1, 0.15) is 56.9 Å². The van der Waals surface area contributed by atoms with Gasteiger partial charge >= 0.3 is 5.97 Å². The Balaban J connectivity index is 1.46. The molecule has 0 aromatic heterocycles. The predicted octanol–water partition coefficient (Wildman–Crippen LogP) is 3.34. The number of aliphatic imine (C=N–C) groups is 1. The lowest BCUT2D eigenvalue weighted by Crippen LogP contribution is -2.49. The van der Waals surface area contributed by atoms with Crippen LogP contribution in [0.25, 0.3) is 0 Å². The number of hydrogen-bond donors (Lipinski definition) is 3. The molecule has 2 saturated carbocycles. The molecule has 2 aliphatic carbocycles. The third-order valence-electron chi connectivity index (χ3n) is 6.38. The van der Waals surface area contributed by atoms with Gasteiger partial charge in [0.15, 0.2) is 5.84 Å². The van der Waals surface area contributed by atoms with E-state index in [4.69, 9.17) is 31.7 Å². The minimum atomic E-state index is -0.332. The average Bonchev–Trinajstić information content (AvgIpc) is 2.85. The number of nitrogens with zero attached hydrogens (tertiary/aromatic N) is 2. The van der Waals surface area contributed by atoms with E-state index in [0.29, 0.717) is 29.2 Å². The number of nitriles is 1. The van der Waals surface area contributed by atoms with Gasteiger partial charge in [-0.2, -0.15) is 5.26 Å². The molecule has 0 unspecified atom stereocenters. The second-order valence-corrected chi connectivity index (χ2v) is 9.05. The predicted molar refractivity (Wildman–Crippen MR) is 128 cm³/mol. The largest absolute Gasteiger partial charge is 0.490 e. The molecule has 10 heteroatoms. The van der Waals surface area contributed by atoms with Crippen LogP contribution in [0.4, 0.5) is 0 Å². The summed E-state index contributed by atoms with van der Waals surface area (Å²) in [4.78, 5) is 28.4. The van der Waals surface area contributed by atoms with E-state index in [-0.39, 0.29) is 41.8 Å². The van der Waals surface area contributed by atoms with Crippen LogP contribution < -0.4 is 15.4 Å². The summed E-state index contributed by atoms with van der Waals surface area (Å²) in [7, 11) is 1.40. The van der Waals surface area contributed by atoms with Crippen molar-refractivity contribution in [1.82, 2.24) is 10.6 Å². The first-order valence-electron chi connectivity index (χ1n) is 11.5. The van der Waals surface area contributed by atoms with Crippen molar-refractivity contribution >= 4 is 35.7 Å². The third kappa shape index (κ3) is 6.94. The van der Waals surface area contributed by atoms with Crippen molar-refractivity contribution in [2.45, 2.75) is 69.6 Å². The molecule has 1 aromatic carbocycles. The molecule has 1 aromatic rings. The minimum absolute atomic E-state index is 0.00925. The number of amidine groups is 1. The maximum atomic E-state index is 12.8. The van der Waals surface area contributed by atoms with Crippen LogP contribution in [-0.4, -0.2) is 49.3 Å². The Hall–Kier alpha value is -3.12. The van der Waals surface area contributed by atoms with Gasteiger partial charge in [0.1, 0.15) is 18.2 Å². The first-order chi connectivity index (χ1) is 16.4. The first-order valence-corrected chi connectivity index (χ1v) is 11.9. The van der Waals surface area contributed by atoms with Gasteiger partial charge in [0, 0.05) is 18.2 Å². The van der Waals surface area contributed by atoms with Crippen molar-refractivity contribution in [3.63, 3.8) is 0 Å². The fraction of sp³-hybridized carbons (Fsp3) is 0.542. The van der Waals surface area contributed by atoms with Gasteiger partial charge in [-0.3, -0.25) is 15.0 Å². The van der Waals surface area contributed by atoms with Crippen LogP contribution in [0.2, 0.25) is 5.02 Å². The van der Waals surface area contributed by atoms with Crippen LogP contribution in [0.15, 0.2) is 23.2 Å². The summed E-state index contributed by atoms with van der Waals surface area (Å²) < 4.78 is 10.8. The highest BCUT2D eigenvalue weighted by molar-refractivity contribution is 6.39. The molecule has 1 amide bonds. The van der Waals surface area contributed by atoms with Gasteiger partial charge in [-0.25, -0.2) is 4.99 Å². The molecule has 0 saturated heterocycles. The number of ether oxygens (including phenoxy) is 2. The van der Waals surface area contributed by atoms with Crippen molar-refractivity contribution in [3.05, 3.63) is 28.8 Å². The van der Waals surface area contributed by atoms with Crippen molar-refractivity contribution in [2.75, 3.05) is 7.11 Å². The highest BCUT2D eigenvalue weighted by Crippen LogP contribution is 2.28. The average molecular weight is 488 g/mol. The molecule has 3 N–H and O–H groups in total. The zero-order chi connectivity index (χ0) is 24.5. The molecule has 0 heterocycles. The Kier molecular flexibility index (Phi) is 9.28. The number of esters is 1. The van der Waals surface area contributed by atoms with Crippen molar-refractivity contribution in [1.29, 1.82) is 10.7 Å². The molecule has 2 fully saturated rings. The fourth-order valence-electron chi connectivity index (χ4n) is 4.49. The topological polar surface area (TPSA) is 137 Å². The van der Waals surface area contributed by atoms with Gasteiger partial charge in [0.2, 0.25) is 0 Å². The molecule has 0 spiro atoms. The molecule has 0 bridgehead atoms. The van der Waals surface area contributed by atoms with Crippen molar-refractivity contribution < 1.29 is 19.1 Å². The van der Waals surface area contributed by atoms with Gasteiger partial charge in [-0.1, -0.05) is 11.6 Å². The number of methoxy groups -OCH3 is 1. The number of carbonyl (C=O) groups excluding carboxylic acids is 2. The highest BCUT2D eigenvalue weighted by Gasteiger charge is 2.29. The molecule has 0 atom stereocenters. The monoisotopic (exact) mass is 487 g/mol. The van der Waals surface area contributed by atoms with Crippen LogP contribution in [0, 0.1) is 22.7 Å². The van der Waals surface area contributed by atoms with Gasteiger partial charge in [-0.05, 0) is 63.5 Å². The Bertz CT molecular complexity index is 961. The highest BCUT2D eigenvalue weighted by atomic mass is 35.5. The van der Waals surface area contributed by atoms with Crippen LogP contribution in [-0.2, 0) is 14.3 Å². The molecule has 0 aliphatic heterocycles. The summed E-state index contributed by atoms with van der Waals surface area (Å²) in [6.45, 7) is 0. The van der Waals surface area contributed by atoms with Gasteiger partial charge < -0.3 is 20.1 Å². The zero-order valence-corrected chi connectivity index (χ0v) is 19.9. The maximum Gasteiger partial charge on any atom is 0.308 e. The zero-order valence-electron chi connectivity index (χ0n) is 19.2. The molecular formula is C24H30ClN5O4. The van der Waals surface area contributed by atoms with Crippen molar-refractivity contribution in [3.8, 4) is 11.8 Å². The van der Waals surface area contributed by atoms with Crippen LogP contribution in [0.5, 0.6) is 5.75 Å². The first kappa shape index (κ1) is 25.5. The number of hydrogen-bond acceptors (Lipinski definition) is 6. The Morgan fingerprint density at radius 1 is 1.12 bits per heavy atom. The molecule has 34 heavy (non-hydrogen) atoms. The van der Waals surface area contributed by atoms with E-state index in [0.717, 1.165) is 44.9 Å². The number of halogens is 1. The number of benzene rings is 1. The fourth-order valence-corrected chi connectivity index (χ4v) is 4.70. The summed E-state index contributed by atoms with van der Waals surface area (Å²) >= 11 is 6.08. The van der Waals surface area contributed by atoms with E-state index in [2.05, 4.69) is 15.6 Å². The molecule has 2 aliphatic rings. The molecule has 9 nitrogen and oxygen atoms in total. The number of rotatable bonds is 6. The standard InChI is InChI=1S/C24H30ClN5O4/c1-33-24(32)15-2-5-17(6-3-15)29-22(28-14-27)23(31)30-18-7-10-19(11-8-18)34-20-9-4-16(13-26)21(25)12-20/h4,9,12,14-15,17-19H,2-3,5-8,10-11H2,1H3,(H,30,31)(H2,27,28,29)/t15-,17-,18?,19?. The summed E-state index contributed by atoms with van der Waals surface area (Å²) in [5, 5.41) is 22.8. The molecular weight excluding hydrogens is 458 g/mol. The summed E-state index contributed by atoms with van der Waals surface area (Å²) in [6.07, 6.45) is 6.75. The molecule has 3 rings (SSSR count). The maximum absolute atomic E-state index is 12.8. The lowest BCUT2D eigenvalue weighted by atomic mass is 9.86. The van der Waals surface area contributed by atoms with E-state index in [1.54, 1.807) is 18.2 Å². The molecule has 182 valence electrons. The summed E-state index contributed by atoms with van der Waals surface area (Å²) in [5.41, 5.74) is 0.410. The van der Waals surface area contributed by atoms with Gasteiger partial charge in [-0.15, -0.1) is 0 Å². The smallest absolute Gasteiger partial charge is 0.308 e. The Morgan fingerprint density at radius 2 is 1.76 bits per heavy atom. The quantitative estimate of drug-likeness (QED) is 0.319. The third-order valence-corrected chi connectivity index (χ3v) is 6.70. The second-order valence-electron chi connectivity index (χ2n) is 8.64. The SMILES string of the molecule is COC(=O)[C@H]1CC[C@H](N/C(=N\C=N)C(=O)NC2CCC(Oc3ccc(C#N)c(Cl)c3)CC2)CC1. The lowest BCUT2D eigenvalue weighted by molar-refractivity contribution is -0.146. The van der Waals surface area contributed by atoms with E-state index < -0.39 is 0 Å². The summed E-state index contributed by atoms with van der Waals surface area (Å²) in [6, 6.07) is 7.07.